The van der Waals surface area contributed by atoms with Gasteiger partial charge in [0.1, 0.15) is 0 Å². The molecule has 4 nitrogen and oxygen atoms in total. The van der Waals surface area contributed by atoms with E-state index in [9.17, 15) is 4.79 Å². The first-order valence-corrected chi connectivity index (χ1v) is 7.09. The van der Waals surface area contributed by atoms with Crippen molar-refractivity contribution in [2.45, 2.75) is 26.2 Å². The highest BCUT2D eigenvalue weighted by Gasteiger charge is 2.05. The minimum absolute atomic E-state index is 0.142. The molecular formula is C16H22N2O2. The Morgan fingerprint density at radius 3 is 2.65 bits per heavy atom. The van der Waals surface area contributed by atoms with E-state index < -0.39 is 0 Å². The third-order valence-corrected chi connectivity index (χ3v) is 3.36. The molecule has 1 aromatic carbocycles. The Bertz CT molecular complexity index is 458. The summed E-state index contributed by atoms with van der Waals surface area (Å²) in [5, 5.41) is 5.64. The second-order valence-corrected chi connectivity index (χ2v) is 5.05. The van der Waals surface area contributed by atoms with Gasteiger partial charge in [0.25, 0.3) is 0 Å². The van der Waals surface area contributed by atoms with Crippen LogP contribution in [0.25, 0.3) is 0 Å². The fourth-order valence-corrected chi connectivity index (χ4v) is 2.07. The van der Waals surface area contributed by atoms with Crippen LogP contribution in [0.3, 0.4) is 0 Å². The Kier molecular flexibility index (Phi) is 5.62. The SMILES string of the molecule is Cc1ccc(CCNC(=O)NC=C2CCOCC2)cc1. The number of benzene rings is 1. The Morgan fingerprint density at radius 2 is 1.95 bits per heavy atom. The number of amides is 2. The van der Waals surface area contributed by atoms with Gasteiger partial charge in [0, 0.05) is 12.7 Å². The lowest BCUT2D eigenvalue weighted by atomic mass is 10.1. The monoisotopic (exact) mass is 274 g/mol. The van der Waals surface area contributed by atoms with Crippen molar-refractivity contribution >= 4 is 6.03 Å². The van der Waals surface area contributed by atoms with Gasteiger partial charge >= 0.3 is 6.03 Å². The van der Waals surface area contributed by atoms with Gasteiger partial charge in [-0.3, -0.25) is 0 Å². The van der Waals surface area contributed by atoms with E-state index in [1.807, 2.05) is 6.20 Å². The maximum absolute atomic E-state index is 11.6. The number of nitrogens with one attached hydrogen (secondary N) is 2. The number of urea groups is 1. The molecular weight excluding hydrogens is 252 g/mol. The van der Waals surface area contributed by atoms with E-state index in [4.69, 9.17) is 4.74 Å². The number of aryl methyl sites for hydroxylation is 1. The maximum Gasteiger partial charge on any atom is 0.318 e. The van der Waals surface area contributed by atoms with Crippen LogP contribution in [0.4, 0.5) is 4.79 Å². The summed E-state index contributed by atoms with van der Waals surface area (Å²) < 4.78 is 5.26. The highest BCUT2D eigenvalue weighted by molar-refractivity contribution is 5.74. The quantitative estimate of drug-likeness (QED) is 0.886. The standard InChI is InChI=1S/C16H22N2O2/c1-13-2-4-14(5-3-13)6-9-17-16(19)18-12-15-7-10-20-11-8-15/h2-5,12H,6-11H2,1H3,(H2,17,18,19). The maximum atomic E-state index is 11.6. The lowest BCUT2D eigenvalue weighted by Gasteiger charge is -2.14. The summed E-state index contributed by atoms with van der Waals surface area (Å²) in [5.41, 5.74) is 3.73. The van der Waals surface area contributed by atoms with E-state index in [1.54, 1.807) is 0 Å². The topological polar surface area (TPSA) is 50.4 Å². The lowest BCUT2D eigenvalue weighted by molar-refractivity contribution is 0.119. The van der Waals surface area contributed by atoms with Crippen LogP contribution in [0.15, 0.2) is 36.0 Å². The molecule has 1 saturated heterocycles. The summed E-state index contributed by atoms with van der Waals surface area (Å²) in [6.45, 7) is 4.21. The normalized spacial score (nSPS) is 14.8. The molecule has 0 saturated carbocycles. The molecule has 0 aliphatic carbocycles. The molecule has 1 aliphatic heterocycles. The van der Waals surface area contributed by atoms with Crippen LogP contribution in [0.1, 0.15) is 24.0 Å². The average Bonchev–Trinajstić information content (AvgIpc) is 2.48. The van der Waals surface area contributed by atoms with Gasteiger partial charge in [-0.05, 0) is 37.3 Å². The number of hydrogen-bond donors (Lipinski definition) is 2. The second-order valence-electron chi connectivity index (χ2n) is 5.05. The molecule has 0 radical (unpaired) electrons. The van der Waals surface area contributed by atoms with Crippen molar-refractivity contribution in [1.82, 2.24) is 10.6 Å². The molecule has 2 N–H and O–H groups in total. The number of carbonyl (C=O) groups is 1. The fraction of sp³-hybridized carbons (Fsp3) is 0.438. The predicted octanol–water partition coefficient (Wildman–Crippen LogP) is 2.53. The third-order valence-electron chi connectivity index (χ3n) is 3.36. The van der Waals surface area contributed by atoms with E-state index in [1.165, 1.54) is 16.7 Å². The van der Waals surface area contributed by atoms with Crippen LogP contribution in [0.5, 0.6) is 0 Å². The van der Waals surface area contributed by atoms with Crippen molar-refractivity contribution in [3.05, 3.63) is 47.2 Å². The molecule has 108 valence electrons. The molecule has 4 heteroatoms. The van der Waals surface area contributed by atoms with Gasteiger partial charge in [0.2, 0.25) is 0 Å². The summed E-state index contributed by atoms with van der Waals surface area (Å²) in [6.07, 6.45) is 4.47. The molecule has 2 amide bonds. The summed E-state index contributed by atoms with van der Waals surface area (Å²) in [7, 11) is 0. The first kappa shape index (κ1) is 14.6. The molecule has 1 heterocycles. The fourth-order valence-electron chi connectivity index (χ4n) is 2.07. The van der Waals surface area contributed by atoms with Crippen LogP contribution in [0, 0.1) is 6.92 Å². The van der Waals surface area contributed by atoms with Gasteiger partial charge in [-0.25, -0.2) is 4.79 Å². The summed E-state index contributed by atoms with van der Waals surface area (Å²) in [6, 6.07) is 8.23. The third kappa shape index (κ3) is 5.05. The summed E-state index contributed by atoms with van der Waals surface area (Å²) in [5.74, 6) is 0. The molecule has 0 spiro atoms. The smallest absolute Gasteiger partial charge is 0.318 e. The van der Waals surface area contributed by atoms with Crippen molar-refractivity contribution in [2.24, 2.45) is 0 Å². The van der Waals surface area contributed by atoms with E-state index in [0.717, 1.165) is 32.5 Å². The van der Waals surface area contributed by atoms with E-state index >= 15 is 0 Å². The number of rotatable bonds is 4. The zero-order valence-electron chi connectivity index (χ0n) is 11.9. The highest BCUT2D eigenvalue weighted by atomic mass is 16.5. The summed E-state index contributed by atoms with van der Waals surface area (Å²) >= 11 is 0. The minimum Gasteiger partial charge on any atom is -0.381 e. The largest absolute Gasteiger partial charge is 0.381 e. The van der Waals surface area contributed by atoms with Gasteiger partial charge < -0.3 is 15.4 Å². The first-order valence-electron chi connectivity index (χ1n) is 7.09. The molecule has 0 unspecified atom stereocenters. The Morgan fingerprint density at radius 1 is 1.25 bits per heavy atom. The van der Waals surface area contributed by atoms with Crippen molar-refractivity contribution in [3.63, 3.8) is 0 Å². The molecule has 0 bridgehead atoms. The van der Waals surface area contributed by atoms with Crippen LogP contribution in [0.2, 0.25) is 0 Å². The first-order chi connectivity index (χ1) is 9.74. The van der Waals surface area contributed by atoms with E-state index in [-0.39, 0.29) is 6.03 Å². The lowest BCUT2D eigenvalue weighted by Crippen LogP contribution is -2.34. The van der Waals surface area contributed by atoms with Gasteiger partial charge in [-0.2, -0.15) is 0 Å². The van der Waals surface area contributed by atoms with Crippen LogP contribution in [-0.2, 0) is 11.2 Å². The highest BCUT2D eigenvalue weighted by Crippen LogP contribution is 2.11. The van der Waals surface area contributed by atoms with Crippen LogP contribution in [-0.4, -0.2) is 25.8 Å². The minimum atomic E-state index is -0.142. The molecule has 1 aromatic rings. The predicted molar refractivity (Wildman–Crippen MR) is 79.6 cm³/mol. The number of carbonyl (C=O) groups excluding carboxylic acids is 1. The van der Waals surface area contributed by atoms with Gasteiger partial charge in [0.05, 0.1) is 13.2 Å². The molecule has 1 fully saturated rings. The zero-order chi connectivity index (χ0) is 14.2. The van der Waals surface area contributed by atoms with Crippen LogP contribution >= 0.6 is 0 Å². The average molecular weight is 274 g/mol. The summed E-state index contributed by atoms with van der Waals surface area (Å²) in [4.78, 5) is 11.6. The second kappa shape index (κ2) is 7.70. The molecule has 0 aromatic heterocycles. The van der Waals surface area contributed by atoms with Gasteiger partial charge in [-0.15, -0.1) is 0 Å². The molecule has 2 rings (SSSR count). The van der Waals surface area contributed by atoms with Crippen molar-refractivity contribution < 1.29 is 9.53 Å². The van der Waals surface area contributed by atoms with Crippen molar-refractivity contribution in [2.75, 3.05) is 19.8 Å². The van der Waals surface area contributed by atoms with Crippen LogP contribution < -0.4 is 10.6 Å². The van der Waals surface area contributed by atoms with Gasteiger partial charge in [-0.1, -0.05) is 29.8 Å². The molecule has 1 aliphatic rings. The Labute approximate surface area is 120 Å². The number of ether oxygens (including phenoxy) is 1. The number of hydrogen-bond acceptors (Lipinski definition) is 2. The van der Waals surface area contributed by atoms with E-state index in [0.29, 0.717) is 6.54 Å². The Hall–Kier alpha value is -1.81. The van der Waals surface area contributed by atoms with E-state index in [2.05, 4.69) is 41.8 Å². The van der Waals surface area contributed by atoms with Crippen molar-refractivity contribution in [1.29, 1.82) is 0 Å². The Balaban J connectivity index is 1.66. The van der Waals surface area contributed by atoms with Crippen molar-refractivity contribution in [3.8, 4) is 0 Å². The van der Waals surface area contributed by atoms with Gasteiger partial charge in [0.15, 0.2) is 0 Å². The molecule has 0 atom stereocenters. The zero-order valence-corrected chi connectivity index (χ0v) is 11.9. The molecule has 20 heavy (non-hydrogen) atoms.